The summed E-state index contributed by atoms with van der Waals surface area (Å²) in [7, 11) is 0. The molecule has 0 radical (unpaired) electrons. The normalized spacial score (nSPS) is 16.8. The zero-order chi connectivity index (χ0) is 11.0. The number of hydrogen-bond acceptors (Lipinski definition) is 1. The first-order valence-electron chi connectivity index (χ1n) is 4.98. The van der Waals surface area contributed by atoms with Crippen molar-refractivity contribution in [2.45, 2.75) is 25.3 Å². The van der Waals surface area contributed by atoms with Crippen molar-refractivity contribution in [2.24, 2.45) is 11.7 Å². The quantitative estimate of drug-likeness (QED) is 0.820. The highest BCUT2D eigenvalue weighted by atomic mass is 35.5. The highest BCUT2D eigenvalue weighted by Crippen LogP contribution is 2.37. The average Bonchev–Trinajstić information content (AvgIpc) is 2.94. The van der Waals surface area contributed by atoms with Crippen LogP contribution in [0.15, 0.2) is 12.1 Å². The van der Waals surface area contributed by atoms with Gasteiger partial charge in [0.1, 0.15) is 5.82 Å². The van der Waals surface area contributed by atoms with Crippen molar-refractivity contribution in [2.75, 3.05) is 0 Å². The van der Waals surface area contributed by atoms with Gasteiger partial charge >= 0.3 is 0 Å². The van der Waals surface area contributed by atoms with Crippen LogP contribution in [0.1, 0.15) is 30.9 Å². The van der Waals surface area contributed by atoms with Crippen LogP contribution in [0.25, 0.3) is 0 Å². The number of hydrogen-bond donors (Lipinski definition) is 1. The third-order valence-electron chi connectivity index (χ3n) is 2.70. The van der Waals surface area contributed by atoms with Crippen molar-refractivity contribution in [3.8, 4) is 0 Å². The summed E-state index contributed by atoms with van der Waals surface area (Å²) in [6.07, 6.45) is 2.75. The molecule has 1 atom stereocenters. The first-order valence-corrected chi connectivity index (χ1v) is 4.98. The van der Waals surface area contributed by atoms with Crippen molar-refractivity contribution in [1.82, 2.24) is 0 Å². The van der Waals surface area contributed by atoms with Crippen LogP contribution in [-0.2, 0) is 0 Å². The maximum atomic E-state index is 13.3. The molecule has 0 unspecified atom stereocenters. The summed E-state index contributed by atoms with van der Waals surface area (Å²) < 4.78 is 39.0. The monoisotopic (exact) mass is 251 g/mol. The standard InChI is InChI=1S/C11H12F3N.ClH/c12-7-4-8(11(14)9(13)5-7)10(15)3-6-1-2-6;/h4-6,10H,1-3,15H2;1H/t10-;/m0./s1. The van der Waals surface area contributed by atoms with Crippen LogP contribution >= 0.6 is 12.4 Å². The zero-order valence-corrected chi connectivity index (χ0v) is 9.37. The predicted molar refractivity (Wildman–Crippen MR) is 57.8 cm³/mol. The lowest BCUT2D eigenvalue weighted by molar-refractivity contribution is 0.465. The Morgan fingerprint density at radius 3 is 2.44 bits per heavy atom. The minimum atomic E-state index is -1.17. The summed E-state index contributed by atoms with van der Waals surface area (Å²) in [6, 6.07) is 0.899. The second-order valence-corrected chi connectivity index (χ2v) is 4.08. The Bertz CT molecular complexity index is 380. The van der Waals surface area contributed by atoms with Crippen molar-refractivity contribution >= 4 is 12.4 Å². The van der Waals surface area contributed by atoms with E-state index in [0.29, 0.717) is 18.4 Å². The molecular formula is C11H13ClF3N. The summed E-state index contributed by atoms with van der Waals surface area (Å²) >= 11 is 0. The van der Waals surface area contributed by atoms with Gasteiger partial charge in [0.05, 0.1) is 0 Å². The van der Waals surface area contributed by atoms with Gasteiger partial charge in [0.15, 0.2) is 11.6 Å². The predicted octanol–water partition coefficient (Wildman–Crippen LogP) is 3.33. The summed E-state index contributed by atoms with van der Waals surface area (Å²) in [4.78, 5) is 0. The molecule has 0 amide bonds. The molecule has 5 heteroatoms. The zero-order valence-electron chi connectivity index (χ0n) is 8.55. The van der Waals surface area contributed by atoms with E-state index in [0.717, 1.165) is 18.9 Å². The molecule has 0 heterocycles. The Morgan fingerprint density at radius 1 is 1.25 bits per heavy atom. The third-order valence-corrected chi connectivity index (χ3v) is 2.70. The van der Waals surface area contributed by atoms with Gasteiger partial charge in [0.25, 0.3) is 0 Å². The van der Waals surface area contributed by atoms with Gasteiger partial charge in [0, 0.05) is 17.7 Å². The van der Waals surface area contributed by atoms with Crippen LogP contribution in [0.3, 0.4) is 0 Å². The van der Waals surface area contributed by atoms with Crippen LogP contribution in [0.5, 0.6) is 0 Å². The average molecular weight is 252 g/mol. The molecule has 1 saturated carbocycles. The number of halogens is 4. The first kappa shape index (κ1) is 13.3. The van der Waals surface area contributed by atoms with E-state index in [-0.39, 0.29) is 18.0 Å². The van der Waals surface area contributed by atoms with E-state index in [4.69, 9.17) is 5.73 Å². The van der Waals surface area contributed by atoms with Gasteiger partial charge in [-0.3, -0.25) is 0 Å². The maximum Gasteiger partial charge on any atom is 0.163 e. The lowest BCUT2D eigenvalue weighted by Crippen LogP contribution is -2.14. The van der Waals surface area contributed by atoms with Crippen LogP contribution in [-0.4, -0.2) is 0 Å². The van der Waals surface area contributed by atoms with Crippen LogP contribution in [0, 0.1) is 23.4 Å². The molecule has 1 aromatic carbocycles. The minimum absolute atomic E-state index is 0. The minimum Gasteiger partial charge on any atom is -0.324 e. The van der Waals surface area contributed by atoms with Crippen molar-refractivity contribution in [3.05, 3.63) is 35.1 Å². The van der Waals surface area contributed by atoms with Gasteiger partial charge in [-0.25, -0.2) is 13.2 Å². The number of rotatable bonds is 3. The molecule has 2 rings (SSSR count). The summed E-state index contributed by atoms with van der Waals surface area (Å²) in [5, 5.41) is 0. The fourth-order valence-electron chi connectivity index (χ4n) is 1.69. The Balaban J connectivity index is 0.00000128. The largest absolute Gasteiger partial charge is 0.324 e. The third kappa shape index (κ3) is 2.89. The number of benzene rings is 1. The second kappa shape index (κ2) is 5.06. The van der Waals surface area contributed by atoms with Gasteiger partial charge in [-0.1, -0.05) is 12.8 Å². The smallest absolute Gasteiger partial charge is 0.163 e. The molecular weight excluding hydrogens is 239 g/mol. The Labute approximate surface area is 98.2 Å². The highest BCUT2D eigenvalue weighted by molar-refractivity contribution is 5.85. The lowest BCUT2D eigenvalue weighted by atomic mass is 10.0. The first-order chi connectivity index (χ1) is 7.08. The second-order valence-electron chi connectivity index (χ2n) is 4.08. The van der Waals surface area contributed by atoms with Gasteiger partial charge in [-0.2, -0.15) is 0 Å². The van der Waals surface area contributed by atoms with Gasteiger partial charge in [-0.15, -0.1) is 12.4 Å². The lowest BCUT2D eigenvalue weighted by Gasteiger charge is -2.12. The molecule has 0 saturated heterocycles. The maximum absolute atomic E-state index is 13.3. The molecule has 1 aliphatic carbocycles. The fourth-order valence-corrected chi connectivity index (χ4v) is 1.69. The molecule has 0 aliphatic heterocycles. The molecule has 1 aromatic rings. The summed E-state index contributed by atoms with van der Waals surface area (Å²) in [5.74, 6) is -2.48. The van der Waals surface area contributed by atoms with Crippen molar-refractivity contribution in [1.29, 1.82) is 0 Å². The molecule has 0 aromatic heterocycles. The van der Waals surface area contributed by atoms with Gasteiger partial charge < -0.3 is 5.73 Å². The van der Waals surface area contributed by atoms with Crippen LogP contribution < -0.4 is 5.73 Å². The molecule has 0 spiro atoms. The molecule has 1 aliphatic rings. The molecule has 0 bridgehead atoms. The van der Waals surface area contributed by atoms with Crippen molar-refractivity contribution in [3.63, 3.8) is 0 Å². The van der Waals surface area contributed by atoms with E-state index in [1.807, 2.05) is 0 Å². The van der Waals surface area contributed by atoms with E-state index >= 15 is 0 Å². The Kier molecular flexibility index (Phi) is 4.21. The Morgan fingerprint density at radius 2 is 1.88 bits per heavy atom. The molecule has 16 heavy (non-hydrogen) atoms. The summed E-state index contributed by atoms with van der Waals surface area (Å²) in [6.45, 7) is 0. The van der Waals surface area contributed by atoms with E-state index in [9.17, 15) is 13.2 Å². The molecule has 2 N–H and O–H groups in total. The van der Waals surface area contributed by atoms with Gasteiger partial charge in [-0.05, 0) is 18.4 Å². The van der Waals surface area contributed by atoms with Gasteiger partial charge in [0.2, 0.25) is 0 Å². The molecule has 1 fully saturated rings. The molecule has 1 nitrogen and oxygen atoms in total. The van der Waals surface area contributed by atoms with E-state index in [1.165, 1.54) is 0 Å². The SMILES string of the molecule is Cl.N[C@@H](CC1CC1)c1cc(F)cc(F)c1F. The highest BCUT2D eigenvalue weighted by Gasteiger charge is 2.26. The van der Waals surface area contributed by atoms with Crippen LogP contribution in [0.2, 0.25) is 0 Å². The van der Waals surface area contributed by atoms with E-state index < -0.39 is 23.5 Å². The summed E-state index contributed by atoms with van der Waals surface area (Å²) in [5.41, 5.74) is 5.65. The van der Waals surface area contributed by atoms with Crippen LogP contribution in [0.4, 0.5) is 13.2 Å². The van der Waals surface area contributed by atoms with E-state index in [2.05, 4.69) is 0 Å². The topological polar surface area (TPSA) is 26.0 Å². The molecule has 90 valence electrons. The number of nitrogens with two attached hydrogens (primary N) is 1. The van der Waals surface area contributed by atoms with E-state index in [1.54, 1.807) is 0 Å². The Hall–Kier alpha value is -0.740. The van der Waals surface area contributed by atoms with Crippen molar-refractivity contribution < 1.29 is 13.2 Å². The fraction of sp³-hybridized carbons (Fsp3) is 0.455.